The molecule has 0 saturated carbocycles. The van der Waals surface area contributed by atoms with Crippen LogP contribution in [-0.4, -0.2) is 61.4 Å². The molecule has 1 fully saturated rings. The van der Waals surface area contributed by atoms with Gasteiger partial charge < -0.3 is 10.2 Å². The van der Waals surface area contributed by atoms with Gasteiger partial charge in [0.15, 0.2) is 0 Å². The van der Waals surface area contributed by atoms with Gasteiger partial charge in [0.2, 0.25) is 0 Å². The number of rotatable bonds is 6. The number of hydrogen-bond donors (Lipinski definition) is 1. The Kier molecular flexibility index (Phi) is 6.47. The Morgan fingerprint density at radius 3 is 2.50 bits per heavy atom. The van der Waals surface area contributed by atoms with Crippen molar-refractivity contribution in [1.82, 2.24) is 15.1 Å². The number of nitrogens with one attached hydrogen (secondary N) is 1. The van der Waals surface area contributed by atoms with E-state index < -0.39 is 0 Å². The van der Waals surface area contributed by atoms with E-state index in [1.54, 1.807) is 19.0 Å². The zero-order valence-corrected chi connectivity index (χ0v) is 16.9. The number of carbonyl (C=O) groups excluding carboxylic acids is 2. The van der Waals surface area contributed by atoms with E-state index in [-0.39, 0.29) is 11.8 Å². The summed E-state index contributed by atoms with van der Waals surface area (Å²) in [6.07, 6.45) is 2.35. The number of hydrogen-bond acceptors (Lipinski definition) is 3. The lowest BCUT2D eigenvalue weighted by molar-refractivity contribution is 0.0828. The first-order valence-electron chi connectivity index (χ1n) is 9.94. The summed E-state index contributed by atoms with van der Waals surface area (Å²) >= 11 is 0. The van der Waals surface area contributed by atoms with Crippen molar-refractivity contribution in [2.75, 3.05) is 33.7 Å². The summed E-state index contributed by atoms with van der Waals surface area (Å²) in [5.41, 5.74) is 3.10. The number of likely N-dealkylation sites (N-methyl/N-ethyl adjacent to an activating group) is 1. The standard InChI is InChI=1S/C23H29N3O2/c1-4-26-15-7-8-19(26)16-24-22(27)18-13-11-17(12-14-18)20-9-5-6-10-21(20)23(28)25(2)3/h5-6,9-14,19H,4,7-8,15-16H2,1-3H3,(H,24,27)/t19-/m1/s1. The van der Waals surface area contributed by atoms with E-state index >= 15 is 0 Å². The van der Waals surface area contributed by atoms with Crippen molar-refractivity contribution in [2.24, 2.45) is 0 Å². The second-order valence-corrected chi connectivity index (χ2v) is 7.46. The number of benzene rings is 2. The maximum absolute atomic E-state index is 12.5. The number of likely N-dealkylation sites (tertiary alicyclic amines) is 1. The van der Waals surface area contributed by atoms with Gasteiger partial charge in [0.1, 0.15) is 0 Å². The smallest absolute Gasteiger partial charge is 0.253 e. The third-order valence-corrected chi connectivity index (χ3v) is 5.43. The average molecular weight is 380 g/mol. The summed E-state index contributed by atoms with van der Waals surface area (Å²) in [4.78, 5) is 28.9. The Morgan fingerprint density at radius 2 is 1.82 bits per heavy atom. The quantitative estimate of drug-likeness (QED) is 0.838. The van der Waals surface area contributed by atoms with Gasteiger partial charge in [-0.3, -0.25) is 14.5 Å². The molecule has 5 heteroatoms. The molecule has 5 nitrogen and oxygen atoms in total. The van der Waals surface area contributed by atoms with E-state index in [4.69, 9.17) is 0 Å². The first-order chi connectivity index (χ1) is 13.5. The van der Waals surface area contributed by atoms with Crippen molar-refractivity contribution >= 4 is 11.8 Å². The van der Waals surface area contributed by atoms with E-state index in [2.05, 4.69) is 17.1 Å². The fourth-order valence-electron chi connectivity index (χ4n) is 3.82. The van der Waals surface area contributed by atoms with Gasteiger partial charge in [-0.2, -0.15) is 0 Å². The van der Waals surface area contributed by atoms with Crippen LogP contribution in [0, 0.1) is 0 Å². The second-order valence-electron chi connectivity index (χ2n) is 7.46. The topological polar surface area (TPSA) is 52.7 Å². The van der Waals surface area contributed by atoms with Crippen molar-refractivity contribution in [2.45, 2.75) is 25.8 Å². The van der Waals surface area contributed by atoms with Crippen LogP contribution in [0.5, 0.6) is 0 Å². The summed E-state index contributed by atoms with van der Waals surface area (Å²) in [6.45, 7) is 5.00. The SMILES string of the molecule is CCN1CCC[C@@H]1CNC(=O)c1ccc(-c2ccccc2C(=O)N(C)C)cc1. The molecule has 2 aromatic carbocycles. The molecule has 1 heterocycles. The first-order valence-corrected chi connectivity index (χ1v) is 9.94. The van der Waals surface area contributed by atoms with Crippen LogP contribution < -0.4 is 5.32 Å². The van der Waals surface area contributed by atoms with Gasteiger partial charge in [0.25, 0.3) is 11.8 Å². The molecule has 1 atom stereocenters. The molecule has 0 aliphatic carbocycles. The molecule has 0 aromatic heterocycles. The minimum absolute atomic E-state index is 0.0329. The van der Waals surface area contributed by atoms with E-state index in [0.29, 0.717) is 23.7 Å². The van der Waals surface area contributed by atoms with Crippen LogP contribution in [0.15, 0.2) is 48.5 Å². The number of carbonyl (C=O) groups is 2. The van der Waals surface area contributed by atoms with Crippen LogP contribution in [0.25, 0.3) is 11.1 Å². The Bertz CT molecular complexity index is 830. The van der Waals surface area contributed by atoms with Gasteiger partial charge in [-0.05, 0) is 55.3 Å². The molecule has 1 aliphatic rings. The highest BCUT2D eigenvalue weighted by molar-refractivity contribution is 6.01. The van der Waals surface area contributed by atoms with E-state index in [0.717, 1.165) is 30.6 Å². The summed E-state index contributed by atoms with van der Waals surface area (Å²) in [7, 11) is 3.49. The van der Waals surface area contributed by atoms with Crippen LogP contribution in [0.1, 0.15) is 40.5 Å². The number of amides is 2. The van der Waals surface area contributed by atoms with Crippen molar-refractivity contribution in [1.29, 1.82) is 0 Å². The normalized spacial score (nSPS) is 16.8. The van der Waals surface area contributed by atoms with E-state index in [9.17, 15) is 9.59 Å². The predicted octanol–water partition coefficient (Wildman–Crippen LogP) is 3.27. The zero-order chi connectivity index (χ0) is 20.1. The molecule has 1 saturated heterocycles. The lowest BCUT2D eigenvalue weighted by Gasteiger charge is -2.22. The van der Waals surface area contributed by atoms with Crippen LogP contribution in [0.2, 0.25) is 0 Å². The minimum Gasteiger partial charge on any atom is -0.350 e. The molecule has 0 spiro atoms. The van der Waals surface area contributed by atoms with Crippen LogP contribution in [0.4, 0.5) is 0 Å². The second kappa shape index (κ2) is 9.02. The highest BCUT2D eigenvalue weighted by Crippen LogP contribution is 2.25. The zero-order valence-electron chi connectivity index (χ0n) is 16.9. The summed E-state index contributed by atoms with van der Waals surface area (Å²) < 4.78 is 0. The molecular weight excluding hydrogens is 350 g/mol. The van der Waals surface area contributed by atoms with Gasteiger partial charge >= 0.3 is 0 Å². The van der Waals surface area contributed by atoms with Crippen LogP contribution >= 0.6 is 0 Å². The van der Waals surface area contributed by atoms with Crippen LogP contribution in [-0.2, 0) is 0 Å². The molecule has 2 amide bonds. The van der Waals surface area contributed by atoms with Gasteiger partial charge in [0, 0.05) is 37.8 Å². The van der Waals surface area contributed by atoms with Crippen molar-refractivity contribution in [3.8, 4) is 11.1 Å². The summed E-state index contributed by atoms with van der Waals surface area (Å²) in [5.74, 6) is -0.0818. The Balaban J connectivity index is 1.70. The largest absolute Gasteiger partial charge is 0.350 e. The lowest BCUT2D eigenvalue weighted by Crippen LogP contribution is -2.40. The third-order valence-electron chi connectivity index (χ3n) is 5.43. The molecule has 0 bridgehead atoms. The lowest BCUT2D eigenvalue weighted by atomic mass is 9.98. The van der Waals surface area contributed by atoms with Gasteiger partial charge in [0.05, 0.1) is 0 Å². The molecule has 1 aliphatic heterocycles. The molecule has 28 heavy (non-hydrogen) atoms. The van der Waals surface area contributed by atoms with Crippen molar-refractivity contribution < 1.29 is 9.59 Å². The van der Waals surface area contributed by atoms with E-state index in [1.807, 2.05) is 48.5 Å². The first kappa shape index (κ1) is 20.1. The van der Waals surface area contributed by atoms with Crippen LogP contribution in [0.3, 0.4) is 0 Å². The van der Waals surface area contributed by atoms with E-state index in [1.165, 1.54) is 6.42 Å². The van der Waals surface area contributed by atoms with Gasteiger partial charge in [-0.1, -0.05) is 37.3 Å². The average Bonchev–Trinajstić information content (AvgIpc) is 3.19. The monoisotopic (exact) mass is 379 g/mol. The Morgan fingerprint density at radius 1 is 1.11 bits per heavy atom. The number of nitrogens with zero attached hydrogens (tertiary/aromatic N) is 2. The molecular formula is C23H29N3O2. The highest BCUT2D eigenvalue weighted by Gasteiger charge is 2.23. The molecule has 0 radical (unpaired) electrons. The highest BCUT2D eigenvalue weighted by atomic mass is 16.2. The maximum atomic E-state index is 12.5. The van der Waals surface area contributed by atoms with Crippen molar-refractivity contribution in [3.63, 3.8) is 0 Å². The fraction of sp³-hybridized carbons (Fsp3) is 0.391. The molecule has 2 aromatic rings. The Labute approximate surface area is 167 Å². The maximum Gasteiger partial charge on any atom is 0.253 e. The predicted molar refractivity (Wildman–Crippen MR) is 112 cm³/mol. The third kappa shape index (κ3) is 4.42. The summed E-state index contributed by atoms with van der Waals surface area (Å²) in [6, 6.07) is 15.5. The fourth-order valence-corrected chi connectivity index (χ4v) is 3.82. The molecule has 3 rings (SSSR count). The minimum atomic E-state index is -0.0489. The van der Waals surface area contributed by atoms with Gasteiger partial charge in [-0.25, -0.2) is 0 Å². The molecule has 1 N–H and O–H groups in total. The van der Waals surface area contributed by atoms with Gasteiger partial charge in [-0.15, -0.1) is 0 Å². The molecule has 0 unspecified atom stereocenters. The Hall–Kier alpha value is -2.66. The summed E-state index contributed by atoms with van der Waals surface area (Å²) in [5, 5.41) is 3.07. The van der Waals surface area contributed by atoms with Crippen molar-refractivity contribution in [3.05, 3.63) is 59.7 Å². The molecule has 148 valence electrons.